The molecule has 0 saturated heterocycles. The highest BCUT2D eigenvalue weighted by atomic mass is 32.1. The summed E-state index contributed by atoms with van der Waals surface area (Å²) in [4.78, 5) is 5.72. The third-order valence-electron chi connectivity index (χ3n) is 2.93. The second-order valence-electron chi connectivity index (χ2n) is 4.92. The summed E-state index contributed by atoms with van der Waals surface area (Å²) in [6.07, 6.45) is 2.82. The minimum atomic E-state index is 0.678. The summed E-state index contributed by atoms with van der Waals surface area (Å²) in [6, 6.07) is 6.30. The third-order valence-corrected chi connectivity index (χ3v) is 3.99. The van der Waals surface area contributed by atoms with Crippen LogP contribution < -0.4 is 10.1 Å². The summed E-state index contributed by atoms with van der Waals surface area (Å²) in [6.45, 7) is 8.87. The Bertz CT molecular complexity index is 531. The summed E-state index contributed by atoms with van der Waals surface area (Å²) in [5.41, 5.74) is 2.48. The van der Waals surface area contributed by atoms with E-state index < -0.39 is 0 Å². The first kappa shape index (κ1) is 15.0. The van der Waals surface area contributed by atoms with Gasteiger partial charge in [-0.05, 0) is 43.7 Å². The summed E-state index contributed by atoms with van der Waals surface area (Å²) < 4.78 is 5.81. The summed E-state index contributed by atoms with van der Waals surface area (Å²) >= 11 is 1.76. The Hall–Kier alpha value is -1.39. The van der Waals surface area contributed by atoms with Crippen LogP contribution in [0, 0.1) is 13.8 Å². The van der Waals surface area contributed by atoms with Crippen molar-refractivity contribution in [2.24, 2.45) is 0 Å². The molecule has 4 heteroatoms. The van der Waals surface area contributed by atoms with Gasteiger partial charge in [-0.1, -0.05) is 13.0 Å². The van der Waals surface area contributed by atoms with Gasteiger partial charge in [0.1, 0.15) is 5.75 Å². The van der Waals surface area contributed by atoms with Gasteiger partial charge in [0.2, 0.25) is 0 Å². The van der Waals surface area contributed by atoms with Gasteiger partial charge in [-0.15, -0.1) is 11.3 Å². The molecule has 0 saturated carbocycles. The van der Waals surface area contributed by atoms with Crippen molar-refractivity contribution in [1.29, 1.82) is 0 Å². The molecule has 1 aromatic heterocycles. The van der Waals surface area contributed by atoms with Gasteiger partial charge in [0.15, 0.2) is 0 Å². The van der Waals surface area contributed by atoms with E-state index in [4.69, 9.17) is 4.74 Å². The lowest BCUT2D eigenvalue weighted by Crippen LogP contribution is -2.10. The molecule has 1 aromatic carbocycles. The average Bonchev–Trinajstić information content (AvgIpc) is 2.83. The molecule has 0 aliphatic carbocycles. The molecule has 3 nitrogen and oxygen atoms in total. The van der Waals surface area contributed by atoms with Crippen molar-refractivity contribution in [2.45, 2.75) is 33.7 Å². The van der Waals surface area contributed by atoms with Gasteiger partial charge in [-0.3, -0.25) is 0 Å². The van der Waals surface area contributed by atoms with E-state index in [2.05, 4.69) is 49.3 Å². The van der Waals surface area contributed by atoms with Crippen molar-refractivity contribution < 1.29 is 4.74 Å². The smallest absolute Gasteiger partial charge is 0.119 e. The highest BCUT2D eigenvalue weighted by Gasteiger charge is 2.03. The molecule has 0 radical (unpaired) electrons. The molecular formula is C16H22N2OS. The van der Waals surface area contributed by atoms with Crippen molar-refractivity contribution in [3.8, 4) is 5.75 Å². The van der Waals surface area contributed by atoms with Crippen molar-refractivity contribution >= 4 is 11.3 Å². The van der Waals surface area contributed by atoms with Gasteiger partial charge in [-0.25, -0.2) is 4.98 Å². The number of nitrogens with one attached hydrogen (secondary N) is 1. The van der Waals surface area contributed by atoms with E-state index in [0.717, 1.165) is 30.3 Å². The fraction of sp³-hybridized carbons (Fsp3) is 0.438. The average molecular weight is 290 g/mol. The second kappa shape index (κ2) is 7.41. The first-order valence-electron chi connectivity index (χ1n) is 7.02. The van der Waals surface area contributed by atoms with Gasteiger partial charge in [0.25, 0.3) is 0 Å². The van der Waals surface area contributed by atoms with Crippen LogP contribution >= 0.6 is 11.3 Å². The van der Waals surface area contributed by atoms with E-state index in [1.807, 2.05) is 6.20 Å². The molecule has 1 heterocycles. The lowest BCUT2D eigenvalue weighted by molar-refractivity contribution is 0.321. The molecule has 1 N–H and O–H groups in total. The quantitative estimate of drug-likeness (QED) is 0.847. The summed E-state index contributed by atoms with van der Waals surface area (Å²) in [5, 5.41) is 4.45. The van der Waals surface area contributed by atoms with E-state index in [1.54, 1.807) is 11.3 Å². The lowest BCUT2D eigenvalue weighted by atomic mass is 10.1. The Morgan fingerprint density at radius 2 is 1.95 bits per heavy atom. The Morgan fingerprint density at radius 1 is 1.20 bits per heavy atom. The molecular weight excluding hydrogens is 268 g/mol. The molecule has 0 unspecified atom stereocenters. The van der Waals surface area contributed by atoms with Crippen LogP contribution in [0.2, 0.25) is 0 Å². The number of benzene rings is 1. The van der Waals surface area contributed by atoms with E-state index in [9.17, 15) is 0 Å². The zero-order valence-electron chi connectivity index (χ0n) is 12.4. The number of thiazole rings is 1. The number of hydrogen-bond donors (Lipinski definition) is 1. The molecule has 108 valence electrons. The van der Waals surface area contributed by atoms with Crippen LogP contribution in [-0.2, 0) is 13.0 Å². The maximum atomic E-state index is 5.81. The number of ether oxygens (including phenoxy) is 1. The fourth-order valence-corrected chi connectivity index (χ4v) is 2.94. The zero-order chi connectivity index (χ0) is 14.4. The Morgan fingerprint density at radius 3 is 2.65 bits per heavy atom. The fourth-order valence-electron chi connectivity index (χ4n) is 2.07. The van der Waals surface area contributed by atoms with E-state index in [1.165, 1.54) is 16.0 Å². The maximum absolute atomic E-state index is 5.81. The molecule has 0 atom stereocenters. The van der Waals surface area contributed by atoms with Gasteiger partial charge >= 0.3 is 0 Å². The topological polar surface area (TPSA) is 34.2 Å². The first-order chi connectivity index (χ1) is 9.67. The standard InChI is InChI=1S/C16H22N2OS/c1-4-17-10-15-11-18-16(20-15)5-6-19-14-8-12(2)7-13(3)9-14/h7-9,11,17H,4-6,10H2,1-3H3. The molecule has 0 spiro atoms. The van der Waals surface area contributed by atoms with Crippen molar-refractivity contribution in [1.82, 2.24) is 10.3 Å². The van der Waals surface area contributed by atoms with Crippen LogP contribution in [0.15, 0.2) is 24.4 Å². The van der Waals surface area contributed by atoms with Crippen molar-refractivity contribution in [2.75, 3.05) is 13.2 Å². The number of hydrogen-bond acceptors (Lipinski definition) is 4. The molecule has 0 aliphatic rings. The normalized spacial score (nSPS) is 10.8. The van der Waals surface area contributed by atoms with Crippen LogP contribution in [0.1, 0.15) is 27.9 Å². The molecule has 0 fully saturated rings. The second-order valence-corrected chi connectivity index (χ2v) is 6.12. The Balaban J connectivity index is 1.81. The SMILES string of the molecule is CCNCc1cnc(CCOc2cc(C)cc(C)c2)s1. The number of aromatic nitrogens is 1. The van der Waals surface area contributed by atoms with Crippen LogP contribution in [0.5, 0.6) is 5.75 Å². The number of nitrogens with zero attached hydrogens (tertiary/aromatic N) is 1. The van der Waals surface area contributed by atoms with E-state index in [0.29, 0.717) is 6.61 Å². The van der Waals surface area contributed by atoms with Crippen LogP contribution in [0.25, 0.3) is 0 Å². The van der Waals surface area contributed by atoms with Crippen molar-refractivity contribution in [3.63, 3.8) is 0 Å². The van der Waals surface area contributed by atoms with Crippen molar-refractivity contribution in [3.05, 3.63) is 45.4 Å². The Kier molecular flexibility index (Phi) is 5.56. The van der Waals surface area contributed by atoms with Gasteiger partial charge in [0, 0.05) is 24.0 Å². The summed E-state index contributed by atoms with van der Waals surface area (Å²) in [7, 11) is 0. The molecule has 20 heavy (non-hydrogen) atoms. The minimum absolute atomic E-state index is 0.678. The third kappa shape index (κ3) is 4.62. The molecule has 0 aliphatic heterocycles. The minimum Gasteiger partial charge on any atom is -0.493 e. The molecule has 2 aromatic rings. The molecule has 2 rings (SSSR count). The molecule has 0 bridgehead atoms. The number of aryl methyl sites for hydroxylation is 2. The lowest BCUT2D eigenvalue weighted by Gasteiger charge is -2.07. The van der Waals surface area contributed by atoms with Gasteiger partial charge in [0.05, 0.1) is 11.6 Å². The maximum Gasteiger partial charge on any atom is 0.119 e. The highest BCUT2D eigenvalue weighted by Crippen LogP contribution is 2.17. The predicted octanol–water partition coefficient (Wildman–Crippen LogP) is 3.49. The Labute approximate surface area is 125 Å². The van der Waals surface area contributed by atoms with Gasteiger partial charge in [-0.2, -0.15) is 0 Å². The monoisotopic (exact) mass is 290 g/mol. The van der Waals surface area contributed by atoms with E-state index >= 15 is 0 Å². The summed E-state index contributed by atoms with van der Waals surface area (Å²) in [5.74, 6) is 0.951. The van der Waals surface area contributed by atoms with Crippen LogP contribution in [0.3, 0.4) is 0 Å². The highest BCUT2D eigenvalue weighted by molar-refractivity contribution is 7.11. The first-order valence-corrected chi connectivity index (χ1v) is 7.84. The largest absolute Gasteiger partial charge is 0.493 e. The predicted molar refractivity (Wildman–Crippen MR) is 84.6 cm³/mol. The molecule has 0 amide bonds. The number of rotatable bonds is 7. The van der Waals surface area contributed by atoms with Gasteiger partial charge < -0.3 is 10.1 Å². The van der Waals surface area contributed by atoms with Crippen LogP contribution in [-0.4, -0.2) is 18.1 Å². The zero-order valence-corrected chi connectivity index (χ0v) is 13.2. The van der Waals surface area contributed by atoms with E-state index in [-0.39, 0.29) is 0 Å². The van der Waals surface area contributed by atoms with Crippen LogP contribution in [0.4, 0.5) is 0 Å².